The lowest BCUT2D eigenvalue weighted by atomic mass is 9.93. The Hall–Kier alpha value is -5.84. The van der Waals surface area contributed by atoms with Gasteiger partial charge < -0.3 is 4.57 Å². The highest BCUT2D eigenvalue weighted by molar-refractivity contribution is 7.95. The minimum atomic E-state index is -3.46. The highest BCUT2D eigenvalue weighted by atomic mass is 31.2. The average Bonchev–Trinajstić information content (AvgIpc) is 3.35. The molecular weight excluding hydrogens is 787 g/mol. The molecule has 3 heteroatoms. The number of benzene rings is 9. The molecule has 0 unspecified atom stereocenters. The summed E-state index contributed by atoms with van der Waals surface area (Å²) >= 11 is 0. The average molecular weight is 842 g/mol. The monoisotopic (exact) mass is 841 g/mol. The fourth-order valence-electron chi connectivity index (χ4n) is 9.58. The zero-order valence-electron chi connectivity index (χ0n) is 35.7. The SMILES string of the molecule is CCCCCCCCc1ccc(C[P+](c2ccccc2)(c2ccccc2)c2ccc3ccccc3c2-c2c(P(=O)(c3ccccc3)c3ccccc3)ccc3ccccc23)cc1. The molecule has 9 aromatic rings. The van der Waals surface area contributed by atoms with E-state index < -0.39 is 14.4 Å². The van der Waals surface area contributed by atoms with Crippen molar-refractivity contribution in [3.05, 3.63) is 230 Å². The van der Waals surface area contributed by atoms with E-state index in [4.69, 9.17) is 0 Å². The summed E-state index contributed by atoms with van der Waals surface area (Å²) < 4.78 is 16.8. The molecule has 0 aliphatic carbocycles. The van der Waals surface area contributed by atoms with Crippen LogP contribution in [-0.4, -0.2) is 0 Å². The second-order valence-corrected chi connectivity index (χ2v) is 22.8. The maximum Gasteiger partial charge on any atom is 0.171 e. The second-order valence-electron chi connectivity index (χ2n) is 16.6. The largest absolute Gasteiger partial charge is 0.309 e. The van der Waals surface area contributed by atoms with Crippen molar-refractivity contribution in [3.63, 3.8) is 0 Å². The van der Waals surface area contributed by atoms with Crippen molar-refractivity contribution in [1.82, 2.24) is 0 Å². The first-order valence-corrected chi connectivity index (χ1v) is 26.1. The Morgan fingerprint density at radius 2 is 0.855 bits per heavy atom. The van der Waals surface area contributed by atoms with Gasteiger partial charge in [-0.25, -0.2) is 0 Å². The summed E-state index contributed by atoms with van der Waals surface area (Å²) in [6.07, 6.45) is 9.77. The lowest BCUT2D eigenvalue weighted by molar-refractivity contribution is 0.592. The molecule has 0 aliphatic heterocycles. The Bertz CT molecular complexity index is 2840. The minimum Gasteiger partial charge on any atom is -0.309 e. The first-order chi connectivity index (χ1) is 30.6. The first-order valence-electron chi connectivity index (χ1n) is 22.4. The maximum absolute atomic E-state index is 16.8. The first kappa shape index (κ1) is 41.5. The lowest BCUT2D eigenvalue weighted by Crippen LogP contribution is -2.35. The molecule has 0 amide bonds. The van der Waals surface area contributed by atoms with Crippen LogP contribution in [0.3, 0.4) is 0 Å². The van der Waals surface area contributed by atoms with Gasteiger partial charge in [0.1, 0.15) is 23.2 Å². The molecule has 0 aromatic heterocycles. The van der Waals surface area contributed by atoms with Crippen LogP contribution in [0.5, 0.6) is 0 Å². The van der Waals surface area contributed by atoms with Crippen molar-refractivity contribution in [2.24, 2.45) is 0 Å². The van der Waals surface area contributed by atoms with E-state index in [-0.39, 0.29) is 0 Å². The van der Waals surface area contributed by atoms with Crippen LogP contribution in [0, 0.1) is 0 Å². The van der Waals surface area contributed by atoms with E-state index in [1.54, 1.807) is 0 Å². The molecule has 0 heterocycles. The molecule has 306 valence electrons. The van der Waals surface area contributed by atoms with Gasteiger partial charge in [-0.15, -0.1) is 0 Å². The zero-order chi connectivity index (χ0) is 42.2. The van der Waals surface area contributed by atoms with Crippen LogP contribution in [-0.2, 0) is 17.1 Å². The maximum atomic E-state index is 16.8. The predicted octanol–water partition coefficient (Wildman–Crippen LogP) is 13.7. The van der Waals surface area contributed by atoms with Gasteiger partial charge in [0.25, 0.3) is 0 Å². The number of hydrogen-bond acceptors (Lipinski definition) is 1. The molecule has 62 heavy (non-hydrogen) atoms. The molecule has 0 spiro atoms. The van der Waals surface area contributed by atoms with E-state index in [0.717, 1.165) is 50.2 Å². The molecule has 9 aromatic carbocycles. The van der Waals surface area contributed by atoms with Crippen LogP contribution >= 0.6 is 14.4 Å². The van der Waals surface area contributed by atoms with Gasteiger partial charge in [-0.1, -0.05) is 221 Å². The number of fused-ring (bicyclic) bond motifs is 2. The molecule has 0 fully saturated rings. The van der Waals surface area contributed by atoms with E-state index >= 15 is 4.57 Å². The Kier molecular flexibility index (Phi) is 12.8. The van der Waals surface area contributed by atoms with Crippen molar-refractivity contribution < 1.29 is 4.57 Å². The summed E-state index contributed by atoms with van der Waals surface area (Å²) in [5, 5.41) is 11.0. The predicted molar refractivity (Wildman–Crippen MR) is 272 cm³/mol. The number of rotatable bonds is 16. The normalized spacial score (nSPS) is 11.9. The highest BCUT2D eigenvalue weighted by Gasteiger charge is 2.48. The van der Waals surface area contributed by atoms with E-state index in [1.807, 2.05) is 36.4 Å². The molecule has 1 nitrogen and oxygen atoms in total. The quantitative estimate of drug-likeness (QED) is 0.0700. The summed E-state index contributed by atoms with van der Waals surface area (Å²) in [6, 6.07) is 79.1. The highest BCUT2D eigenvalue weighted by Crippen LogP contribution is 2.61. The smallest absolute Gasteiger partial charge is 0.171 e. The minimum absolute atomic E-state index is 0.831. The van der Waals surface area contributed by atoms with Crippen LogP contribution in [0.4, 0.5) is 0 Å². The van der Waals surface area contributed by atoms with Crippen molar-refractivity contribution in [1.29, 1.82) is 0 Å². The summed E-state index contributed by atoms with van der Waals surface area (Å²) in [4.78, 5) is 0. The van der Waals surface area contributed by atoms with Crippen LogP contribution in [0.15, 0.2) is 218 Å². The van der Waals surface area contributed by atoms with Gasteiger partial charge in [-0.05, 0) is 81.9 Å². The number of aryl methyl sites for hydroxylation is 1. The topological polar surface area (TPSA) is 17.1 Å². The third kappa shape index (κ3) is 8.14. The van der Waals surface area contributed by atoms with Gasteiger partial charge in [-0.3, -0.25) is 0 Å². The number of unbranched alkanes of at least 4 members (excludes halogenated alkanes) is 5. The number of hydrogen-bond donors (Lipinski definition) is 0. The van der Waals surface area contributed by atoms with E-state index in [1.165, 1.54) is 76.5 Å². The molecule has 0 aliphatic rings. The fraction of sp³-hybridized carbons (Fsp3) is 0.153. The Labute approximate surface area is 369 Å². The van der Waals surface area contributed by atoms with E-state index in [2.05, 4.69) is 189 Å². The van der Waals surface area contributed by atoms with Crippen LogP contribution in [0.1, 0.15) is 56.6 Å². The summed E-state index contributed by atoms with van der Waals surface area (Å²) in [6.45, 7) is 2.28. The fourth-order valence-corrected chi connectivity index (χ4v) is 16.9. The molecule has 0 N–H and O–H groups in total. The molecule has 0 radical (unpaired) electrons. The molecule has 0 saturated carbocycles. The molecular formula is C59H55OP2+. The van der Waals surface area contributed by atoms with E-state index in [0.29, 0.717) is 0 Å². The Balaban J connectivity index is 1.35. The summed E-state index contributed by atoms with van der Waals surface area (Å²) in [5.41, 5.74) is 4.96. The summed E-state index contributed by atoms with van der Waals surface area (Å²) in [7, 11) is -5.97. The van der Waals surface area contributed by atoms with Gasteiger partial charge in [0.15, 0.2) is 7.14 Å². The molecule has 0 saturated heterocycles. The van der Waals surface area contributed by atoms with Gasteiger partial charge in [0.2, 0.25) is 0 Å². The van der Waals surface area contributed by atoms with Gasteiger partial charge >= 0.3 is 0 Å². The third-order valence-corrected chi connectivity index (χ3v) is 20.2. The van der Waals surface area contributed by atoms with Crippen molar-refractivity contribution in [2.45, 2.75) is 58.0 Å². The molecule has 9 rings (SSSR count). The third-order valence-electron chi connectivity index (χ3n) is 12.7. The van der Waals surface area contributed by atoms with Gasteiger partial charge in [0.05, 0.1) is 6.16 Å². The Morgan fingerprint density at radius 3 is 1.42 bits per heavy atom. The van der Waals surface area contributed by atoms with Crippen LogP contribution in [0.25, 0.3) is 32.7 Å². The van der Waals surface area contributed by atoms with Gasteiger partial charge in [-0.2, -0.15) is 0 Å². The standard InChI is InChI=1S/C59H55OP2/c1-2-3-4-5-6-11-24-46-37-39-47(40-38-46)45-61(50-27-12-7-13-28-50,51-29-14-8-15-30-51)56-43-41-48-25-20-22-35-54(48)58(56)59-55-36-23-21-26-49(55)42-44-57(59)62(60,52-31-16-9-17-32-52)53-33-18-10-19-34-53/h7-10,12-23,25-44H,2-6,11,24,45H2,1H3/q+1. The van der Waals surface area contributed by atoms with Gasteiger partial charge in [0, 0.05) is 27.0 Å². The van der Waals surface area contributed by atoms with Crippen molar-refractivity contribution in [2.75, 3.05) is 0 Å². The van der Waals surface area contributed by atoms with Crippen molar-refractivity contribution >= 4 is 67.8 Å². The van der Waals surface area contributed by atoms with Crippen LogP contribution in [0.2, 0.25) is 0 Å². The van der Waals surface area contributed by atoms with Crippen LogP contribution < -0.4 is 31.8 Å². The van der Waals surface area contributed by atoms with E-state index in [9.17, 15) is 0 Å². The second kappa shape index (κ2) is 19.1. The molecule has 0 bridgehead atoms. The van der Waals surface area contributed by atoms with Crippen molar-refractivity contribution in [3.8, 4) is 11.1 Å². The Morgan fingerprint density at radius 1 is 0.403 bits per heavy atom. The zero-order valence-corrected chi connectivity index (χ0v) is 37.5. The lowest BCUT2D eigenvalue weighted by Gasteiger charge is -2.32. The summed E-state index contributed by atoms with van der Waals surface area (Å²) in [5.74, 6) is 0. The molecule has 0 atom stereocenters.